The van der Waals surface area contributed by atoms with Crippen molar-refractivity contribution < 1.29 is 4.79 Å². The van der Waals surface area contributed by atoms with Gasteiger partial charge in [0.2, 0.25) is 0 Å². The zero-order chi connectivity index (χ0) is 15.4. The highest BCUT2D eigenvalue weighted by Crippen LogP contribution is 2.13. The molecule has 0 saturated carbocycles. The van der Waals surface area contributed by atoms with Gasteiger partial charge in [0.25, 0.3) is 5.91 Å². The van der Waals surface area contributed by atoms with E-state index in [1.54, 1.807) is 4.90 Å². The summed E-state index contributed by atoms with van der Waals surface area (Å²) in [5, 5.41) is 7.48. The van der Waals surface area contributed by atoms with Crippen LogP contribution in [0.5, 0.6) is 0 Å². The Kier molecular flexibility index (Phi) is 6.59. The molecule has 5 nitrogen and oxygen atoms in total. The van der Waals surface area contributed by atoms with Crippen molar-refractivity contribution in [1.82, 2.24) is 20.0 Å². The molecule has 0 spiro atoms. The van der Waals surface area contributed by atoms with Crippen LogP contribution in [-0.2, 0) is 0 Å². The lowest BCUT2D eigenvalue weighted by molar-refractivity contribution is 0.0797. The average Bonchev–Trinajstić information content (AvgIpc) is 2.83. The first-order valence-electron chi connectivity index (χ1n) is 7.06. The summed E-state index contributed by atoms with van der Waals surface area (Å²) in [5.41, 5.74) is 3.73. The zero-order valence-corrected chi connectivity index (χ0v) is 14.3. The van der Waals surface area contributed by atoms with Crippen molar-refractivity contribution in [2.45, 2.75) is 13.8 Å². The van der Waals surface area contributed by atoms with Crippen LogP contribution >= 0.6 is 12.4 Å². The summed E-state index contributed by atoms with van der Waals surface area (Å²) in [6.07, 6.45) is 0. The Morgan fingerprint density at radius 3 is 2.41 bits per heavy atom. The highest BCUT2D eigenvalue weighted by atomic mass is 35.5. The van der Waals surface area contributed by atoms with Gasteiger partial charge in [-0.1, -0.05) is 0 Å². The van der Waals surface area contributed by atoms with Crippen LogP contribution in [0, 0.1) is 13.8 Å². The molecule has 1 aromatic heterocycles. The van der Waals surface area contributed by atoms with E-state index < -0.39 is 0 Å². The third kappa shape index (κ3) is 4.08. The fraction of sp³-hybridized carbons (Fsp3) is 0.375. The molecule has 1 aromatic carbocycles. The van der Waals surface area contributed by atoms with Gasteiger partial charge in [-0.2, -0.15) is 5.10 Å². The molecule has 6 heteroatoms. The van der Waals surface area contributed by atoms with Gasteiger partial charge in [-0.25, -0.2) is 4.68 Å². The van der Waals surface area contributed by atoms with Gasteiger partial charge in [0.15, 0.2) is 0 Å². The Hall–Kier alpha value is -1.85. The van der Waals surface area contributed by atoms with Crippen molar-refractivity contribution in [3.8, 4) is 5.69 Å². The van der Waals surface area contributed by atoms with Gasteiger partial charge in [0.1, 0.15) is 0 Å². The van der Waals surface area contributed by atoms with Crippen LogP contribution in [0.25, 0.3) is 5.69 Å². The second kappa shape index (κ2) is 7.96. The number of nitrogens with one attached hydrogen (secondary N) is 1. The maximum Gasteiger partial charge on any atom is 0.253 e. The van der Waals surface area contributed by atoms with Gasteiger partial charge in [-0.15, -0.1) is 12.4 Å². The molecule has 0 aliphatic carbocycles. The third-order valence-electron chi connectivity index (χ3n) is 3.41. The summed E-state index contributed by atoms with van der Waals surface area (Å²) in [4.78, 5) is 14.0. The van der Waals surface area contributed by atoms with Crippen LogP contribution in [0.15, 0.2) is 30.3 Å². The number of carbonyl (C=O) groups is 1. The molecule has 0 aliphatic rings. The summed E-state index contributed by atoms with van der Waals surface area (Å²) < 4.78 is 1.88. The molecule has 0 saturated heterocycles. The van der Waals surface area contributed by atoms with E-state index in [2.05, 4.69) is 10.4 Å². The van der Waals surface area contributed by atoms with Gasteiger partial charge >= 0.3 is 0 Å². The average molecular weight is 323 g/mol. The molecule has 0 fully saturated rings. The maximum atomic E-state index is 12.2. The molecule has 22 heavy (non-hydrogen) atoms. The quantitative estimate of drug-likeness (QED) is 0.918. The minimum atomic E-state index is 0. The fourth-order valence-electron chi connectivity index (χ4n) is 2.24. The SMILES string of the molecule is CNCCN(C)C(=O)c1ccc(-n2nc(C)cc2C)cc1.Cl. The van der Waals surface area contributed by atoms with Crippen LogP contribution in [0.1, 0.15) is 21.7 Å². The zero-order valence-electron chi connectivity index (χ0n) is 13.5. The monoisotopic (exact) mass is 322 g/mol. The lowest BCUT2D eigenvalue weighted by atomic mass is 10.2. The number of benzene rings is 1. The third-order valence-corrected chi connectivity index (χ3v) is 3.41. The number of amides is 1. The first-order chi connectivity index (χ1) is 10.0. The van der Waals surface area contributed by atoms with Crippen molar-refractivity contribution in [2.24, 2.45) is 0 Å². The second-order valence-electron chi connectivity index (χ2n) is 5.22. The van der Waals surface area contributed by atoms with Gasteiger partial charge in [-0.3, -0.25) is 4.79 Å². The molecular formula is C16H23ClN4O. The van der Waals surface area contributed by atoms with Gasteiger partial charge in [-0.05, 0) is 51.2 Å². The predicted molar refractivity (Wildman–Crippen MR) is 91.2 cm³/mol. The summed E-state index contributed by atoms with van der Waals surface area (Å²) >= 11 is 0. The van der Waals surface area contributed by atoms with E-state index in [-0.39, 0.29) is 18.3 Å². The molecule has 0 bridgehead atoms. The Bertz CT molecular complexity index is 622. The first kappa shape index (κ1) is 18.2. The Morgan fingerprint density at radius 1 is 1.27 bits per heavy atom. The van der Waals surface area contributed by atoms with Gasteiger partial charge < -0.3 is 10.2 Å². The molecule has 0 radical (unpaired) electrons. The summed E-state index contributed by atoms with van der Waals surface area (Å²) in [7, 11) is 3.69. The van der Waals surface area contributed by atoms with E-state index in [1.165, 1.54) is 0 Å². The van der Waals surface area contributed by atoms with Crippen LogP contribution in [0.2, 0.25) is 0 Å². The Balaban J connectivity index is 0.00000242. The highest BCUT2D eigenvalue weighted by molar-refractivity contribution is 5.94. The number of nitrogens with zero attached hydrogens (tertiary/aromatic N) is 3. The van der Waals surface area contributed by atoms with Crippen molar-refractivity contribution in [1.29, 1.82) is 0 Å². The molecule has 1 heterocycles. The summed E-state index contributed by atoms with van der Waals surface area (Å²) in [5.74, 6) is 0.0326. The number of aromatic nitrogens is 2. The van der Waals surface area contributed by atoms with Gasteiger partial charge in [0, 0.05) is 31.4 Å². The molecule has 0 atom stereocenters. The molecule has 2 aromatic rings. The number of likely N-dealkylation sites (N-methyl/N-ethyl adjacent to an activating group) is 2. The van der Waals surface area contributed by atoms with Crippen LogP contribution in [0.4, 0.5) is 0 Å². The smallest absolute Gasteiger partial charge is 0.253 e. The van der Waals surface area contributed by atoms with E-state index in [0.29, 0.717) is 12.1 Å². The topological polar surface area (TPSA) is 50.2 Å². The van der Waals surface area contributed by atoms with E-state index in [4.69, 9.17) is 0 Å². The summed E-state index contributed by atoms with van der Waals surface area (Å²) in [6, 6.07) is 9.59. The number of halogens is 1. The second-order valence-corrected chi connectivity index (χ2v) is 5.22. The highest BCUT2D eigenvalue weighted by Gasteiger charge is 2.11. The van der Waals surface area contributed by atoms with Crippen molar-refractivity contribution in [3.63, 3.8) is 0 Å². The lowest BCUT2D eigenvalue weighted by Crippen LogP contribution is -2.32. The lowest BCUT2D eigenvalue weighted by Gasteiger charge is -2.17. The Morgan fingerprint density at radius 2 is 1.91 bits per heavy atom. The number of hydrogen-bond donors (Lipinski definition) is 1. The Labute approximate surface area is 137 Å². The van der Waals surface area contributed by atoms with Crippen molar-refractivity contribution >= 4 is 18.3 Å². The minimum absolute atomic E-state index is 0. The number of hydrogen-bond acceptors (Lipinski definition) is 3. The standard InChI is InChI=1S/C16H22N4O.ClH/c1-12-11-13(2)20(18-12)15-7-5-14(6-8-15)16(21)19(4)10-9-17-3;/h5-8,11,17H,9-10H2,1-4H3;1H. The van der Waals surface area contributed by atoms with E-state index in [1.807, 2.05) is 63.0 Å². The van der Waals surface area contributed by atoms with Crippen molar-refractivity contribution in [3.05, 3.63) is 47.3 Å². The first-order valence-corrected chi connectivity index (χ1v) is 7.06. The van der Waals surface area contributed by atoms with Crippen LogP contribution in [-0.4, -0.2) is 47.8 Å². The molecular weight excluding hydrogens is 300 g/mol. The fourth-order valence-corrected chi connectivity index (χ4v) is 2.24. The molecule has 120 valence electrons. The largest absolute Gasteiger partial charge is 0.340 e. The van der Waals surface area contributed by atoms with Gasteiger partial charge in [0.05, 0.1) is 11.4 Å². The molecule has 1 amide bonds. The molecule has 0 unspecified atom stereocenters. The maximum absolute atomic E-state index is 12.2. The molecule has 1 N–H and O–H groups in total. The van der Waals surface area contributed by atoms with Crippen LogP contribution < -0.4 is 5.32 Å². The number of carbonyl (C=O) groups excluding carboxylic acids is 1. The van der Waals surface area contributed by atoms with Crippen LogP contribution in [0.3, 0.4) is 0 Å². The minimum Gasteiger partial charge on any atom is -0.340 e. The van der Waals surface area contributed by atoms with E-state index in [0.717, 1.165) is 23.6 Å². The number of aryl methyl sites for hydroxylation is 2. The summed E-state index contributed by atoms with van der Waals surface area (Å²) in [6.45, 7) is 5.46. The van der Waals surface area contributed by atoms with E-state index in [9.17, 15) is 4.79 Å². The normalized spacial score (nSPS) is 10.2. The predicted octanol–water partition coefficient (Wildman–Crippen LogP) is 2.20. The van der Waals surface area contributed by atoms with E-state index >= 15 is 0 Å². The molecule has 0 aliphatic heterocycles. The van der Waals surface area contributed by atoms with Crippen molar-refractivity contribution in [2.75, 3.05) is 27.2 Å². The molecule has 2 rings (SSSR count). The number of rotatable bonds is 5.